The fourth-order valence-corrected chi connectivity index (χ4v) is 3.15. The van der Waals surface area contributed by atoms with Crippen molar-refractivity contribution in [2.75, 3.05) is 18.6 Å². The number of carbonyl (C=O) groups is 2. The van der Waals surface area contributed by atoms with Gasteiger partial charge in [0.15, 0.2) is 6.61 Å². The number of fused-ring (bicyclic) bond motifs is 1. The summed E-state index contributed by atoms with van der Waals surface area (Å²) in [6.45, 7) is 4.95. The summed E-state index contributed by atoms with van der Waals surface area (Å²) in [5.41, 5.74) is 1.99. The minimum absolute atomic E-state index is 0.332. The molecule has 1 aromatic heterocycles. The molecular formula is C19H23NO6S. The molecule has 2 N–H and O–H groups in total. The van der Waals surface area contributed by atoms with Crippen LogP contribution >= 0.6 is 11.8 Å². The molecule has 2 rings (SSSR count). The molecule has 1 atom stereocenters. The van der Waals surface area contributed by atoms with Crippen molar-refractivity contribution < 1.29 is 23.8 Å². The van der Waals surface area contributed by atoms with Gasteiger partial charge in [-0.1, -0.05) is 0 Å². The molecule has 0 saturated carbocycles. The summed E-state index contributed by atoms with van der Waals surface area (Å²) in [5, 5.41) is 12.3. The van der Waals surface area contributed by atoms with E-state index in [1.165, 1.54) is 11.8 Å². The molecular weight excluding hydrogens is 370 g/mol. The van der Waals surface area contributed by atoms with Crippen LogP contribution in [0.15, 0.2) is 21.3 Å². The second-order valence-electron chi connectivity index (χ2n) is 6.30. The second-order valence-corrected chi connectivity index (χ2v) is 7.29. The van der Waals surface area contributed by atoms with E-state index in [4.69, 9.17) is 9.15 Å². The van der Waals surface area contributed by atoms with Crippen LogP contribution in [0.1, 0.15) is 23.1 Å². The van der Waals surface area contributed by atoms with E-state index in [9.17, 15) is 19.5 Å². The van der Waals surface area contributed by atoms with Gasteiger partial charge in [-0.2, -0.15) is 11.8 Å². The fraction of sp³-hybridized carbons (Fsp3) is 0.421. The van der Waals surface area contributed by atoms with E-state index >= 15 is 0 Å². The number of aliphatic carboxylic acids is 1. The van der Waals surface area contributed by atoms with Crippen LogP contribution in [-0.2, 0) is 9.59 Å². The lowest BCUT2D eigenvalue weighted by Crippen LogP contribution is -2.43. The van der Waals surface area contributed by atoms with Gasteiger partial charge >= 0.3 is 11.6 Å². The van der Waals surface area contributed by atoms with E-state index < -0.39 is 23.5 Å². The zero-order chi connectivity index (χ0) is 20.1. The Bertz CT molecular complexity index is 921. The molecule has 8 heteroatoms. The molecule has 2 aromatic rings. The minimum Gasteiger partial charge on any atom is -0.483 e. The molecule has 7 nitrogen and oxygen atoms in total. The van der Waals surface area contributed by atoms with E-state index in [2.05, 4.69) is 5.32 Å². The number of rotatable bonds is 8. The third-order valence-electron chi connectivity index (χ3n) is 4.26. The minimum atomic E-state index is -1.08. The maximum Gasteiger partial charge on any atom is 0.339 e. The average molecular weight is 393 g/mol. The molecule has 0 aliphatic rings. The number of aryl methyl sites for hydroxylation is 2. The first-order valence-corrected chi connectivity index (χ1v) is 9.82. The van der Waals surface area contributed by atoms with Crippen molar-refractivity contribution in [3.63, 3.8) is 0 Å². The number of benzene rings is 1. The number of carboxylic acid groups (broad SMARTS) is 1. The number of ether oxygens (including phenoxy) is 1. The fourth-order valence-electron chi connectivity index (χ4n) is 2.67. The SMILES string of the molecule is CSCCC(NC(=O)COc1cc(C)cc2oc(=O)c(C)c(C)c12)C(=O)O. The van der Waals surface area contributed by atoms with Crippen LogP contribution in [0.2, 0.25) is 0 Å². The lowest BCUT2D eigenvalue weighted by Gasteiger charge is -2.16. The van der Waals surface area contributed by atoms with Gasteiger partial charge in [-0.15, -0.1) is 0 Å². The van der Waals surface area contributed by atoms with Crippen molar-refractivity contribution in [2.24, 2.45) is 0 Å². The maximum atomic E-state index is 12.1. The van der Waals surface area contributed by atoms with Crippen molar-refractivity contribution in [1.29, 1.82) is 0 Å². The third kappa shape index (κ3) is 5.03. The molecule has 146 valence electrons. The average Bonchev–Trinajstić information content (AvgIpc) is 2.60. The van der Waals surface area contributed by atoms with Crippen molar-refractivity contribution in [1.82, 2.24) is 5.32 Å². The van der Waals surface area contributed by atoms with Gasteiger partial charge < -0.3 is 19.6 Å². The Morgan fingerprint density at radius 3 is 2.59 bits per heavy atom. The zero-order valence-corrected chi connectivity index (χ0v) is 16.6. The zero-order valence-electron chi connectivity index (χ0n) is 15.8. The topological polar surface area (TPSA) is 106 Å². The Morgan fingerprint density at radius 2 is 1.96 bits per heavy atom. The molecule has 27 heavy (non-hydrogen) atoms. The number of nitrogens with one attached hydrogen (secondary N) is 1. The van der Waals surface area contributed by atoms with E-state index in [1.807, 2.05) is 13.2 Å². The lowest BCUT2D eigenvalue weighted by atomic mass is 10.0. The molecule has 0 aliphatic heterocycles. The first-order valence-electron chi connectivity index (χ1n) is 8.43. The predicted octanol–water partition coefficient (Wildman–Crippen LogP) is 2.42. The summed E-state index contributed by atoms with van der Waals surface area (Å²) in [6.07, 6.45) is 2.20. The molecule has 1 amide bonds. The molecule has 1 aromatic carbocycles. The van der Waals surface area contributed by atoms with Gasteiger partial charge in [-0.3, -0.25) is 4.79 Å². The highest BCUT2D eigenvalue weighted by molar-refractivity contribution is 7.98. The molecule has 1 heterocycles. The first-order chi connectivity index (χ1) is 12.7. The van der Waals surface area contributed by atoms with Crippen LogP contribution in [0.4, 0.5) is 0 Å². The van der Waals surface area contributed by atoms with Crippen LogP contribution in [-0.4, -0.2) is 41.6 Å². The van der Waals surface area contributed by atoms with Gasteiger partial charge in [0.1, 0.15) is 17.4 Å². The molecule has 0 radical (unpaired) electrons. The predicted molar refractivity (Wildman–Crippen MR) is 105 cm³/mol. The lowest BCUT2D eigenvalue weighted by molar-refractivity contribution is -0.142. The molecule has 0 aliphatic carbocycles. The van der Waals surface area contributed by atoms with Crippen molar-refractivity contribution >= 4 is 34.6 Å². The Labute approximate surface area is 161 Å². The largest absolute Gasteiger partial charge is 0.483 e. The highest BCUT2D eigenvalue weighted by Gasteiger charge is 2.20. The summed E-state index contributed by atoms with van der Waals surface area (Å²) < 4.78 is 11.0. The molecule has 1 unspecified atom stereocenters. The number of carboxylic acids is 1. The van der Waals surface area contributed by atoms with Crippen molar-refractivity contribution in [3.05, 3.63) is 39.2 Å². The van der Waals surface area contributed by atoms with Gasteiger partial charge in [-0.25, -0.2) is 9.59 Å². The van der Waals surface area contributed by atoms with E-state index in [-0.39, 0.29) is 6.61 Å². The number of hydrogen-bond acceptors (Lipinski definition) is 6. The Hall–Kier alpha value is -2.48. The summed E-state index contributed by atoms with van der Waals surface area (Å²) in [7, 11) is 0. The van der Waals surface area contributed by atoms with E-state index in [1.54, 1.807) is 26.0 Å². The van der Waals surface area contributed by atoms with Gasteiger partial charge in [-0.05, 0) is 62.5 Å². The Balaban J connectivity index is 2.21. The monoisotopic (exact) mass is 393 g/mol. The van der Waals surface area contributed by atoms with Gasteiger partial charge in [0.25, 0.3) is 5.91 Å². The number of thioether (sulfide) groups is 1. The molecule has 0 fully saturated rings. The van der Waals surface area contributed by atoms with Gasteiger partial charge in [0.2, 0.25) is 0 Å². The summed E-state index contributed by atoms with van der Waals surface area (Å²) >= 11 is 1.51. The van der Waals surface area contributed by atoms with Crippen LogP contribution < -0.4 is 15.7 Å². The smallest absolute Gasteiger partial charge is 0.339 e. The van der Waals surface area contributed by atoms with Crippen LogP contribution in [0.3, 0.4) is 0 Å². The Kier molecular flexibility index (Phi) is 6.90. The van der Waals surface area contributed by atoms with Gasteiger partial charge in [0.05, 0.1) is 5.39 Å². The summed E-state index contributed by atoms with van der Waals surface area (Å²) in [4.78, 5) is 35.3. The number of hydrogen-bond donors (Lipinski definition) is 2. The highest BCUT2D eigenvalue weighted by Crippen LogP contribution is 2.30. The normalized spacial score (nSPS) is 12.0. The van der Waals surface area contributed by atoms with Crippen LogP contribution in [0.5, 0.6) is 5.75 Å². The molecule has 0 saturated heterocycles. The summed E-state index contributed by atoms with van der Waals surface area (Å²) in [6, 6.07) is 2.54. The third-order valence-corrected chi connectivity index (χ3v) is 4.90. The van der Waals surface area contributed by atoms with Crippen molar-refractivity contribution in [3.8, 4) is 5.75 Å². The maximum absolute atomic E-state index is 12.1. The molecule has 0 spiro atoms. The Morgan fingerprint density at radius 1 is 1.26 bits per heavy atom. The second kappa shape index (κ2) is 8.94. The quantitative estimate of drug-likeness (QED) is 0.664. The van der Waals surface area contributed by atoms with Crippen LogP contribution in [0.25, 0.3) is 11.0 Å². The van der Waals surface area contributed by atoms with E-state index in [0.717, 1.165) is 11.1 Å². The number of carbonyl (C=O) groups excluding carboxylic acids is 1. The molecule has 0 bridgehead atoms. The first kappa shape index (κ1) is 20.8. The van der Waals surface area contributed by atoms with Gasteiger partial charge in [0, 0.05) is 5.56 Å². The van der Waals surface area contributed by atoms with Crippen molar-refractivity contribution in [2.45, 2.75) is 33.2 Å². The van der Waals surface area contributed by atoms with Crippen LogP contribution in [0, 0.1) is 20.8 Å². The van der Waals surface area contributed by atoms with E-state index in [0.29, 0.717) is 34.5 Å². The number of amides is 1. The standard InChI is InChI=1S/C19H23NO6S/c1-10-7-14(17-11(2)12(3)19(24)26-15(17)8-10)25-9-16(21)20-13(18(22)23)5-6-27-4/h7-8,13H,5-6,9H2,1-4H3,(H,20,21)(H,22,23). The highest BCUT2D eigenvalue weighted by atomic mass is 32.2. The summed E-state index contributed by atoms with van der Waals surface area (Å²) in [5.74, 6) is -0.560.